The Morgan fingerprint density at radius 1 is 1.64 bits per heavy atom. The van der Waals surface area contributed by atoms with Gasteiger partial charge >= 0.3 is 0 Å². The Balaban J connectivity index is 2.61. The van der Waals surface area contributed by atoms with Gasteiger partial charge in [-0.05, 0) is 51.5 Å². The summed E-state index contributed by atoms with van der Waals surface area (Å²) in [6.45, 7) is 2.53. The van der Waals surface area contributed by atoms with E-state index < -0.39 is 0 Å². The molecule has 14 heavy (non-hydrogen) atoms. The molecule has 0 radical (unpaired) electrons. The van der Waals surface area contributed by atoms with Gasteiger partial charge < -0.3 is 4.74 Å². The Hall–Kier alpha value is -0.370. The maximum absolute atomic E-state index is 5.37. The number of H-pyrrole nitrogens is 1. The lowest BCUT2D eigenvalue weighted by atomic mass is 10.4. The number of nitrogens with zero attached hydrogens (tertiary/aromatic N) is 2. The van der Waals surface area contributed by atoms with E-state index in [0.29, 0.717) is 12.5 Å². The topological polar surface area (TPSA) is 50.8 Å². The van der Waals surface area contributed by atoms with Crippen molar-refractivity contribution in [3.63, 3.8) is 0 Å². The fraction of sp³-hybridized carbons (Fsp3) is 0.250. The number of ether oxygens (including phenoxy) is 1. The second-order valence-corrected chi connectivity index (χ2v) is 4.55. The van der Waals surface area contributed by atoms with E-state index in [1.165, 1.54) is 0 Å². The zero-order valence-corrected chi connectivity index (χ0v) is 11.1. The molecule has 6 heteroatoms. The number of aromatic amines is 1. The maximum Gasteiger partial charge on any atom is 0.228 e. The lowest BCUT2D eigenvalue weighted by Gasteiger charge is -2.03. The first-order valence-electron chi connectivity index (χ1n) is 4.05. The van der Waals surface area contributed by atoms with Gasteiger partial charge in [0.25, 0.3) is 0 Å². The van der Waals surface area contributed by atoms with Gasteiger partial charge in [-0.15, -0.1) is 0 Å². The highest BCUT2D eigenvalue weighted by atomic mass is 127. The quantitative estimate of drug-likeness (QED) is 0.830. The molecular formula is C8H7BrIN3O. The van der Waals surface area contributed by atoms with E-state index in [2.05, 4.69) is 53.7 Å². The van der Waals surface area contributed by atoms with Gasteiger partial charge in [0.15, 0.2) is 0 Å². The summed E-state index contributed by atoms with van der Waals surface area (Å²) in [7, 11) is 0. The molecule has 4 nitrogen and oxygen atoms in total. The summed E-state index contributed by atoms with van der Waals surface area (Å²) in [5.74, 6) is 0.610. The smallest absolute Gasteiger partial charge is 0.228 e. The number of fused-ring (bicyclic) bond motifs is 1. The molecule has 0 fully saturated rings. The van der Waals surface area contributed by atoms with E-state index in [4.69, 9.17) is 4.74 Å². The largest absolute Gasteiger partial charge is 0.477 e. The van der Waals surface area contributed by atoms with Crippen molar-refractivity contribution < 1.29 is 4.74 Å². The minimum absolute atomic E-state index is 0.603. The molecule has 2 heterocycles. The highest BCUT2D eigenvalue weighted by Crippen LogP contribution is 2.27. The Morgan fingerprint density at radius 3 is 3.14 bits per heavy atom. The van der Waals surface area contributed by atoms with Crippen LogP contribution in [0.15, 0.2) is 10.5 Å². The number of rotatable bonds is 2. The number of halogens is 2. The summed E-state index contributed by atoms with van der Waals surface area (Å²) in [6.07, 6.45) is 0. The fourth-order valence-electron chi connectivity index (χ4n) is 1.11. The maximum atomic E-state index is 5.37. The Labute approximate surface area is 103 Å². The van der Waals surface area contributed by atoms with Crippen LogP contribution in [0.5, 0.6) is 5.88 Å². The zero-order valence-electron chi connectivity index (χ0n) is 7.34. The third-order valence-electron chi connectivity index (χ3n) is 1.69. The van der Waals surface area contributed by atoms with Crippen molar-refractivity contribution in [1.82, 2.24) is 15.2 Å². The average Bonchev–Trinajstić information content (AvgIpc) is 2.49. The van der Waals surface area contributed by atoms with E-state index in [1.54, 1.807) is 0 Å². The number of nitrogens with one attached hydrogen (secondary N) is 1. The van der Waals surface area contributed by atoms with Crippen molar-refractivity contribution >= 4 is 49.6 Å². The normalized spacial score (nSPS) is 10.8. The summed E-state index contributed by atoms with van der Waals surface area (Å²) in [5, 5.41) is 6.97. The first-order chi connectivity index (χ1) is 6.72. The van der Waals surface area contributed by atoms with Crippen LogP contribution in [0, 0.1) is 3.70 Å². The predicted molar refractivity (Wildman–Crippen MR) is 65.5 cm³/mol. The molecule has 0 aromatic carbocycles. The molecule has 0 unspecified atom stereocenters. The van der Waals surface area contributed by atoms with E-state index in [0.717, 1.165) is 19.2 Å². The van der Waals surface area contributed by atoms with E-state index in [1.807, 2.05) is 13.0 Å². The van der Waals surface area contributed by atoms with Crippen molar-refractivity contribution in [3.05, 3.63) is 14.2 Å². The summed E-state index contributed by atoms with van der Waals surface area (Å²) in [5.41, 5.74) is 1.68. The van der Waals surface area contributed by atoms with Crippen LogP contribution in [-0.4, -0.2) is 21.8 Å². The molecule has 0 bridgehead atoms. The van der Waals surface area contributed by atoms with Gasteiger partial charge in [0.1, 0.15) is 14.7 Å². The van der Waals surface area contributed by atoms with Gasteiger partial charge in [0, 0.05) is 0 Å². The van der Waals surface area contributed by atoms with Crippen LogP contribution in [0.4, 0.5) is 0 Å². The SMILES string of the molecule is CCOc1nc2c(I)[nH]nc2cc1Br. The third kappa shape index (κ3) is 1.72. The molecule has 0 amide bonds. The summed E-state index contributed by atoms with van der Waals surface area (Å²) in [6, 6.07) is 1.89. The van der Waals surface area contributed by atoms with Crippen LogP contribution >= 0.6 is 38.5 Å². The average molecular weight is 368 g/mol. The van der Waals surface area contributed by atoms with Crippen molar-refractivity contribution in [3.8, 4) is 5.88 Å². The van der Waals surface area contributed by atoms with Crippen molar-refractivity contribution in [1.29, 1.82) is 0 Å². The van der Waals surface area contributed by atoms with Crippen LogP contribution in [-0.2, 0) is 0 Å². The Morgan fingerprint density at radius 2 is 2.43 bits per heavy atom. The highest BCUT2D eigenvalue weighted by molar-refractivity contribution is 14.1. The summed E-state index contributed by atoms with van der Waals surface area (Å²) in [4.78, 5) is 4.35. The number of pyridine rings is 1. The van der Waals surface area contributed by atoms with Crippen LogP contribution in [0.1, 0.15) is 6.92 Å². The zero-order chi connectivity index (χ0) is 10.1. The van der Waals surface area contributed by atoms with Crippen LogP contribution in [0.2, 0.25) is 0 Å². The molecule has 2 aromatic heterocycles. The second-order valence-electron chi connectivity index (χ2n) is 2.61. The number of hydrogen-bond donors (Lipinski definition) is 1. The van der Waals surface area contributed by atoms with Crippen molar-refractivity contribution in [2.75, 3.05) is 6.61 Å². The van der Waals surface area contributed by atoms with Gasteiger partial charge in [-0.1, -0.05) is 0 Å². The highest BCUT2D eigenvalue weighted by Gasteiger charge is 2.09. The molecule has 0 atom stereocenters. The molecule has 2 aromatic rings. The van der Waals surface area contributed by atoms with Gasteiger partial charge in [-0.25, -0.2) is 4.98 Å². The molecule has 2 rings (SSSR count). The lowest BCUT2D eigenvalue weighted by molar-refractivity contribution is 0.326. The summed E-state index contributed by atoms with van der Waals surface area (Å²) >= 11 is 5.54. The van der Waals surface area contributed by atoms with E-state index in [-0.39, 0.29) is 0 Å². The molecule has 0 saturated carbocycles. The molecule has 1 N–H and O–H groups in total. The van der Waals surface area contributed by atoms with Gasteiger partial charge in [-0.3, -0.25) is 5.10 Å². The summed E-state index contributed by atoms with van der Waals surface area (Å²) < 4.78 is 7.12. The Bertz CT molecular complexity index is 471. The minimum Gasteiger partial charge on any atom is -0.477 e. The third-order valence-corrected chi connectivity index (χ3v) is 3.01. The molecule has 0 aliphatic rings. The van der Waals surface area contributed by atoms with Crippen LogP contribution in [0.3, 0.4) is 0 Å². The number of hydrogen-bond acceptors (Lipinski definition) is 3. The van der Waals surface area contributed by atoms with Crippen LogP contribution in [0.25, 0.3) is 11.0 Å². The van der Waals surface area contributed by atoms with E-state index in [9.17, 15) is 0 Å². The van der Waals surface area contributed by atoms with Crippen molar-refractivity contribution in [2.24, 2.45) is 0 Å². The van der Waals surface area contributed by atoms with Crippen LogP contribution < -0.4 is 4.74 Å². The lowest BCUT2D eigenvalue weighted by Crippen LogP contribution is -1.95. The number of aromatic nitrogens is 3. The van der Waals surface area contributed by atoms with Gasteiger partial charge in [0.2, 0.25) is 5.88 Å². The molecule has 0 aliphatic carbocycles. The molecule has 0 spiro atoms. The Kier molecular flexibility index (Phi) is 2.91. The molecular weight excluding hydrogens is 361 g/mol. The van der Waals surface area contributed by atoms with Crippen molar-refractivity contribution in [2.45, 2.75) is 6.92 Å². The first-order valence-corrected chi connectivity index (χ1v) is 5.92. The van der Waals surface area contributed by atoms with Gasteiger partial charge in [0.05, 0.1) is 11.1 Å². The second kappa shape index (κ2) is 4.01. The fourth-order valence-corrected chi connectivity index (χ4v) is 2.05. The first kappa shape index (κ1) is 10.2. The molecule has 0 aliphatic heterocycles. The monoisotopic (exact) mass is 367 g/mol. The standard InChI is InChI=1S/C8H7BrIN3O/c1-2-14-8-4(9)3-5-6(11-8)7(10)13-12-5/h3H,2H2,1H3,(H,12,13). The van der Waals surface area contributed by atoms with Gasteiger partial charge in [-0.2, -0.15) is 5.10 Å². The molecule has 74 valence electrons. The minimum atomic E-state index is 0.603. The molecule has 0 saturated heterocycles. The van der Waals surface area contributed by atoms with E-state index >= 15 is 0 Å². The predicted octanol–water partition coefficient (Wildman–Crippen LogP) is 2.72.